The van der Waals surface area contributed by atoms with Crippen LogP contribution in [0.1, 0.15) is 42.3 Å². The lowest BCUT2D eigenvalue weighted by atomic mass is 9.83. The maximum atomic E-state index is 3.31. The molecule has 0 aliphatic carbocycles. The molecule has 98 valence electrons. The summed E-state index contributed by atoms with van der Waals surface area (Å²) in [6.45, 7) is 12.4. The average Bonchev–Trinajstić information content (AvgIpc) is 2.64. The fraction of sp³-hybridized carbons (Fsp3) is 0.500. The Labute approximate surface area is 114 Å². The van der Waals surface area contributed by atoms with Gasteiger partial charge in [-0.15, -0.1) is 11.3 Å². The van der Waals surface area contributed by atoms with E-state index in [-0.39, 0.29) is 5.41 Å². The molecule has 0 spiro atoms. The molecule has 0 saturated heterocycles. The molecule has 0 fully saturated rings. The molecule has 2 heteroatoms. The van der Waals surface area contributed by atoms with Crippen molar-refractivity contribution in [3.8, 4) is 0 Å². The summed E-state index contributed by atoms with van der Waals surface area (Å²) < 4.78 is 1.46. The van der Waals surface area contributed by atoms with Gasteiger partial charge in [0.05, 0.1) is 0 Å². The summed E-state index contributed by atoms with van der Waals surface area (Å²) in [5, 5.41) is 4.79. The van der Waals surface area contributed by atoms with Crippen LogP contribution in [0.5, 0.6) is 0 Å². The van der Waals surface area contributed by atoms with Crippen molar-refractivity contribution in [3.05, 3.63) is 33.7 Å². The third kappa shape index (κ3) is 2.19. The SMILES string of the molecule is CNCc1sc2c(C)ccc(C)c2c1C(C)(C)C. The Morgan fingerprint density at radius 1 is 1.11 bits per heavy atom. The van der Waals surface area contributed by atoms with Gasteiger partial charge in [-0.2, -0.15) is 0 Å². The molecule has 0 radical (unpaired) electrons. The fourth-order valence-corrected chi connectivity index (χ4v) is 4.19. The molecule has 0 atom stereocenters. The molecule has 1 aromatic carbocycles. The number of nitrogens with one attached hydrogen (secondary N) is 1. The van der Waals surface area contributed by atoms with Gasteiger partial charge in [-0.3, -0.25) is 0 Å². The highest BCUT2D eigenvalue weighted by Crippen LogP contribution is 2.41. The van der Waals surface area contributed by atoms with Crippen molar-refractivity contribution in [2.45, 2.75) is 46.6 Å². The zero-order chi connectivity index (χ0) is 13.5. The Balaban J connectivity index is 2.85. The highest BCUT2D eigenvalue weighted by atomic mass is 32.1. The summed E-state index contributed by atoms with van der Waals surface area (Å²) in [5.74, 6) is 0. The smallest absolute Gasteiger partial charge is 0.0381 e. The van der Waals surface area contributed by atoms with Crippen LogP contribution < -0.4 is 5.32 Å². The summed E-state index contributed by atoms with van der Waals surface area (Å²) in [7, 11) is 2.02. The zero-order valence-electron chi connectivity index (χ0n) is 12.3. The highest BCUT2D eigenvalue weighted by Gasteiger charge is 2.24. The second kappa shape index (κ2) is 4.67. The van der Waals surface area contributed by atoms with Crippen LogP contribution in [-0.2, 0) is 12.0 Å². The summed E-state index contributed by atoms with van der Waals surface area (Å²) in [6, 6.07) is 4.49. The van der Waals surface area contributed by atoms with Crippen LogP contribution in [0.3, 0.4) is 0 Å². The zero-order valence-corrected chi connectivity index (χ0v) is 13.1. The summed E-state index contributed by atoms with van der Waals surface area (Å²) >= 11 is 1.95. The molecule has 1 N–H and O–H groups in total. The van der Waals surface area contributed by atoms with Crippen LogP contribution in [0.4, 0.5) is 0 Å². The molecule has 1 aromatic heterocycles. The van der Waals surface area contributed by atoms with Gasteiger partial charge in [0.15, 0.2) is 0 Å². The van der Waals surface area contributed by atoms with E-state index in [0.717, 1.165) is 6.54 Å². The summed E-state index contributed by atoms with van der Waals surface area (Å²) in [4.78, 5) is 1.48. The van der Waals surface area contributed by atoms with Gasteiger partial charge < -0.3 is 5.32 Å². The number of aryl methyl sites for hydroxylation is 2. The lowest BCUT2D eigenvalue weighted by Gasteiger charge is -2.21. The first-order chi connectivity index (χ1) is 8.36. The van der Waals surface area contributed by atoms with Gasteiger partial charge in [0, 0.05) is 16.1 Å². The Bertz CT molecular complexity index is 573. The molecule has 2 aromatic rings. The summed E-state index contributed by atoms with van der Waals surface area (Å²) in [5.41, 5.74) is 4.52. The second-order valence-electron chi connectivity index (χ2n) is 6.08. The predicted octanol–water partition coefficient (Wildman–Crippen LogP) is 4.54. The topological polar surface area (TPSA) is 12.0 Å². The quantitative estimate of drug-likeness (QED) is 0.837. The van der Waals surface area contributed by atoms with Crippen molar-refractivity contribution in [3.63, 3.8) is 0 Å². The average molecular weight is 261 g/mol. The van der Waals surface area contributed by atoms with Gasteiger partial charge in [-0.05, 0) is 48.4 Å². The minimum absolute atomic E-state index is 0.197. The monoisotopic (exact) mass is 261 g/mol. The molecule has 0 unspecified atom stereocenters. The first-order valence-electron chi connectivity index (χ1n) is 6.53. The Morgan fingerprint density at radius 2 is 1.72 bits per heavy atom. The number of thiophene rings is 1. The van der Waals surface area contributed by atoms with Crippen molar-refractivity contribution >= 4 is 21.4 Å². The largest absolute Gasteiger partial charge is 0.315 e. The number of fused-ring (bicyclic) bond motifs is 1. The van der Waals surface area contributed by atoms with E-state index in [1.807, 2.05) is 18.4 Å². The molecule has 1 nitrogen and oxygen atoms in total. The van der Waals surface area contributed by atoms with E-state index >= 15 is 0 Å². The van der Waals surface area contributed by atoms with Crippen molar-refractivity contribution in [1.82, 2.24) is 5.32 Å². The van der Waals surface area contributed by atoms with Gasteiger partial charge in [0.25, 0.3) is 0 Å². The standard InChI is InChI=1S/C16H23NS/c1-10-7-8-11(2)15-13(10)14(16(3,4)5)12(18-15)9-17-6/h7-8,17H,9H2,1-6H3. The number of hydrogen-bond acceptors (Lipinski definition) is 2. The Hall–Kier alpha value is -0.860. The number of rotatable bonds is 2. The predicted molar refractivity (Wildman–Crippen MR) is 82.8 cm³/mol. The molecule has 18 heavy (non-hydrogen) atoms. The lowest BCUT2D eigenvalue weighted by molar-refractivity contribution is 0.588. The van der Waals surface area contributed by atoms with E-state index < -0.39 is 0 Å². The molecule has 0 amide bonds. The van der Waals surface area contributed by atoms with Gasteiger partial charge in [0.1, 0.15) is 0 Å². The minimum Gasteiger partial charge on any atom is -0.315 e. The minimum atomic E-state index is 0.197. The van der Waals surface area contributed by atoms with E-state index in [1.165, 1.54) is 31.7 Å². The third-order valence-corrected chi connectivity index (χ3v) is 4.73. The molecule has 0 bridgehead atoms. The van der Waals surface area contributed by atoms with Crippen LogP contribution >= 0.6 is 11.3 Å². The van der Waals surface area contributed by atoms with Crippen LogP contribution in [-0.4, -0.2) is 7.05 Å². The van der Waals surface area contributed by atoms with Crippen molar-refractivity contribution in [1.29, 1.82) is 0 Å². The van der Waals surface area contributed by atoms with Gasteiger partial charge in [-0.1, -0.05) is 32.9 Å². The van der Waals surface area contributed by atoms with E-state index in [4.69, 9.17) is 0 Å². The van der Waals surface area contributed by atoms with Gasteiger partial charge in [0.2, 0.25) is 0 Å². The molecule has 0 saturated carbocycles. The van der Waals surface area contributed by atoms with Gasteiger partial charge in [-0.25, -0.2) is 0 Å². The summed E-state index contributed by atoms with van der Waals surface area (Å²) in [6.07, 6.45) is 0. The maximum Gasteiger partial charge on any atom is 0.0381 e. The van der Waals surface area contributed by atoms with E-state index in [9.17, 15) is 0 Å². The van der Waals surface area contributed by atoms with Crippen molar-refractivity contribution in [2.24, 2.45) is 0 Å². The molecule has 0 aliphatic rings. The van der Waals surface area contributed by atoms with Crippen molar-refractivity contribution < 1.29 is 0 Å². The number of benzene rings is 1. The highest BCUT2D eigenvalue weighted by molar-refractivity contribution is 7.19. The fourth-order valence-electron chi connectivity index (χ4n) is 2.62. The second-order valence-corrected chi connectivity index (χ2v) is 7.19. The van der Waals surface area contributed by atoms with E-state index in [1.54, 1.807) is 0 Å². The number of hydrogen-bond donors (Lipinski definition) is 1. The van der Waals surface area contributed by atoms with Gasteiger partial charge >= 0.3 is 0 Å². The van der Waals surface area contributed by atoms with Crippen LogP contribution in [0.2, 0.25) is 0 Å². The van der Waals surface area contributed by atoms with Crippen LogP contribution in [0.15, 0.2) is 12.1 Å². The van der Waals surface area contributed by atoms with Crippen LogP contribution in [0, 0.1) is 13.8 Å². The van der Waals surface area contributed by atoms with E-state index in [0.29, 0.717) is 0 Å². The first-order valence-corrected chi connectivity index (χ1v) is 7.34. The molecule has 1 heterocycles. The maximum absolute atomic E-state index is 3.31. The Morgan fingerprint density at radius 3 is 2.28 bits per heavy atom. The van der Waals surface area contributed by atoms with Crippen LogP contribution in [0.25, 0.3) is 10.1 Å². The van der Waals surface area contributed by atoms with Crippen molar-refractivity contribution in [2.75, 3.05) is 7.05 Å². The molecular weight excluding hydrogens is 238 g/mol. The normalized spacial score (nSPS) is 12.3. The Kier molecular flexibility index (Phi) is 3.52. The molecular formula is C16H23NS. The lowest BCUT2D eigenvalue weighted by Crippen LogP contribution is -2.15. The van der Waals surface area contributed by atoms with E-state index in [2.05, 4.69) is 52.1 Å². The molecule has 2 rings (SSSR count). The first kappa shape index (κ1) is 13.6. The molecule has 0 aliphatic heterocycles. The third-order valence-electron chi connectivity index (χ3n) is 3.40.